The molecule has 21 heavy (non-hydrogen) atoms. The maximum absolute atomic E-state index is 12.8. The van der Waals surface area contributed by atoms with E-state index in [9.17, 15) is 14.7 Å². The van der Waals surface area contributed by atoms with Gasteiger partial charge in [-0.3, -0.25) is 9.59 Å². The van der Waals surface area contributed by atoms with Gasteiger partial charge in [0, 0.05) is 16.6 Å². The highest BCUT2D eigenvalue weighted by Gasteiger charge is 2.39. The van der Waals surface area contributed by atoms with E-state index in [0.29, 0.717) is 12.1 Å². The third kappa shape index (κ3) is 3.27. The molecule has 1 saturated heterocycles. The van der Waals surface area contributed by atoms with E-state index in [-0.39, 0.29) is 19.1 Å². The van der Waals surface area contributed by atoms with E-state index >= 15 is 0 Å². The molecule has 0 aromatic heterocycles. The molecule has 2 rings (SSSR count). The number of hydrogen-bond acceptors (Lipinski definition) is 3. The van der Waals surface area contributed by atoms with Crippen LogP contribution in [0.15, 0.2) is 22.7 Å². The lowest BCUT2D eigenvalue weighted by atomic mass is 10.00. The quantitative estimate of drug-likeness (QED) is 0.899. The highest BCUT2D eigenvalue weighted by Crippen LogP contribution is 2.24. The maximum atomic E-state index is 12.8. The summed E-state index contributed by atoms with van der Waals surface area (Å²) in [5, 5.41) is 9.25. The Morgan fingerprint density at radius 2 is 2.14 bits per heavy atom. The summed E-state index contributed by atoms with van der Waals surface area (Å²) in [7, 11) is 0. The molecule has 0 radical (unpaired) electrons. The minimum Gasteiger partial charge on any atom is -0.481 e. The molecule has 0 aliphatic carbocycles. The zero-order chi connectivity index (χ0) is 15.6. The van der Waals surface area contributed by atoms with Crippen LogP contribution in [0.4, 0.5) is 0 Å². The molecule has 114 valence electrons. The molecule has 1 heterocycles. The van der Waals surface area contributed by atoms with Gasteiger partial charge in [0.15, 0.2) is 0 Å². The SMILES string of the molecule is CCN(C(=O)c1cc(Br)ccc1C)C1COCC1C(=O)O. The number of ether oxygens (including phenoxy) is 1. The van der Waals surface area contributed by atoms with Crippen LogP contribution in [0, 0.1) is 12.8 Å². The van der Waals surface area contributed by atoms with Crippen LogP contribution < -0.4 is 0 Å². The highest BCUT2D eigenvalue weighted by molar-refractivity contribution is 9.10. The first-order chi connectivity index (χ1) is 9.95. The number of nitrogens with zero attached hydrogens (tertiary/aromatic N) is 1. The third-order valence-electron chi connectivity index (χ3n) is 3.80. The number of carbonyl (C=O) groups excluding carboxylic acids is 1. The van der Waals surface area contributed by atoms with Gasteiger partial charge in [0.05, 0.1) is 19.3 Å². The van der Waals surface area contributed by atoms with Crippen LogP contribution in [0.2, 0.25) is 0 Å². The molecule has 0 bridgehead atoms. The molecule has 1 aliphatic heterocycles. The zero-order valence-corrected chi connectivity index (χ0v) is 13.6. The van der Waals surface area contributed by atoms with Crippen molar-refractivity contribution in [3.05, 3.63) is 33.8 Å². The summed E-state index contributed by atoms with van der Waals surface area (Å²) in [6.45, 7) is 4.59. The second kappa shape index (κ2) is 6.58. The van der Waals surface area contributed by atoms with Crippen LogP contribution in [0.3, 0.4) is 0 Å². The van der Waals surface area contributed by atoms with Crippen molar-refractivity contribution < 1.29 is 19.4 Å². The monoisotopic (exact) mass is 355 g/mol. The van der Waals surface area contributed by atoms with Gasteiger partial charge >= 0.3 is 5.97 Å². The number of carboxylic acids is 1. The Morgan fingerprint density at radius 3 is 2.76 bits per heavy atom. The van der Waals surface area contributed by atoms with E-state index in [4.69, 9.17) is 4.74 Å². The first-order valence-electron chi connectivity index (χ1n) is 6.83. The van der Waals surface area contributed by atoms with Crippen LogP contribution in [0.1, 0.15) is 22.8 Å². The number of halogens is 1. The number of carboxylic acid groups (broad SMARTS) is 1. The molecule has 1 fully saturated rings. The van der Waals surface area contributed by atoms with Gasteiger partial charge in [-0.15, -0.1) is 0 Å². The van der Waals surface area contributed by atoms with E-state index in [2.05, 4.69) is 15.9 Å². The van der Waals surface area contributed by atoms with Crippen molar-refractivity contribution in [2.45, 2.75) is 19.9 Å². The molecule has 0 saturated carbocycles. The number of benzene rings is 1. The highest BCUT2D eigenvalue weighted by atomic mass is 79.9. The molecule has 1 aromatic rings. The van der Waals surface area contributed by atoms with Crippen LogP contribution in [0.5, 0.6) is 0 Å². The topological polar surface area (TPSA) is 66.8 Å². The third-order valence-corrected chi connectivity index (χ3v) is 4.29. The van der Waals surface area contributed by atoms with Crippen molar-refractivity contribution >= 4 is 27.8 Å². The van der Waals surface area contributed by atoms with Crippen LogP contribution >= 0.6 is 15.9 Å². The average molecular weight is 356 g/mol. The summed E-state index contributed by atoms with van der Waals surface area (Å²) < 4.78 is 6.09. The van der Waals surface area contributed by atoms with Crippen LogP contribution in [-0.4, -0.2) is 47.7 Å². The summed E-state index contributed by atoms with van der Waals surface area (Å²) in [4.78, 5) is 25.6. The van der Waals surface area contributed by atoms with Gasteiger partial charge in [0.25, 0.3) is 5.91 Å². The van der Waals surface area contributed by atoms with Crippen LogP contribution in [-0.2, 0) is 9.53 Å². The lowest BCUT2D eigenvalue weighted by molar-refractivity contribution is -0.142. The molecule has 5 nitrogen and oxygen atoms in total. The molecule has 0 spiro atoms. The Bertz CT molecular complexity index is 561. The average Bonchev–Trinajstić information content (AvgIpc) is 2.91. The van der Waals surface area contributed by atoms with Crippen molar-refractivity contribution in [1.29, 1.82) is 0 Å². The van der Waals surface area contributed by atoms with Gasteiger partial charge in [-0.25, -0.2) is 0 Å². The number of hydrogen-bond donors (Lipinski definition) is 1. The Labute approximate surface area is 132 Å². The van der Waals surface area contributed by atoms with E-state index in [1.54, 1.807) is 11.0 Å². The Kier molecular flexibility index (Phi) is 5.00. The normalized spacial score (nSPS) is 21.3. The fourth-order valence-electron chi connectivity index (χ4n) is 2.59. The van der Waals surface area contributed by atoms with Crippen molar-refractivity contribution in [1.82, 2.24) is 4.90 Å². The fourth-order valence-corrected chi connectivity index (χ4v) is 2.96. The lowest BCUT2D eigenvalue weighted by Crippen LogP contribution is -2.46. The first kappa shape index (κ1) is 16.0. The van der Waals surface area contributed by atoms with Crippen molar-refractivity contribution in [3.63, 3.8) is 0 Å². The molecular weight excluding hydrogens is 338 g/mol. The first-order valence-corrected chi connectivity index (χ1v) is 7.62. The molecule has 1 aliphatic rings. The maximum Gasteiger partial charge on any atom is 0.311 e. The van der Waals surface area contributed by atoms with Crippen molar-refractivity contribution in [2.75, 3.05) is 19.8 Å². The van der Waals surface area contributed by atoms with Gasteiger partial charge in [-0.05, 0) is 31.5 Å². The Hall–Kier alpha value is -1.40. The van der Waals surface area contributed by atoms with E-state index in [1.807, 2.05) is 26.0 Å². The van der Waals surface area contributed by atoms with Gasteiger partial charge < -0.3 is 14.7 Å². The molecule has 1 N–H and O–H groups in total. The Morgan fingerprint density at radius 1 is 1.43 bits per heavy atom. The minimum absolute atomic E-state index is 0.154. The van der Waals surface area contributed by atoms with E-state index in [0.717, 1.165) is 10.0 Å². The van der Waals surface area contributed by atoms with Crippen LogP contribution in [0.25, 0.3) is 0 Å². The number of aryl methyl sites for hydroxylation is 1. The summed E-state index contributed by atoms with van der Waals surface area (Å²) in [6, 6.07) is 5.09. The summed E-state index contributed by atoms with van der Waals surface area (Å²) >= 11 is 3.36. The summed E-state index contributed by atoms with van der Waals surface area (Å²) in [6.07, 6.45) is 0. The second-order valence-corrected chi connectivity index (χ2v) is 6.02. The number of aliphatic carboxylic acids is 1. The lowest BCUT2D eigenvalue weighted by Gasteiger charge is -2.30. The van der Waals surface area contributed by atoms with Crippen molar-refractivity contribution in [2.24, 2.45) is 5.92 Å². The molecule has 1 amide bonds. The number of amides is 1. The fraction of sp³-hybridized carbons (Fsp3) is 0.467. The van der Waals surface area contributed by atoms with Gasteiger partial charge in [0.1, 0.15) is 5.92 Å². The number of carbonyl (C=O) groups is 2. The standard InChI is InChI=1S/C15H18BrNO4/c1-3-17(13-8-21-7-12(13)15(19)20)14(18)11-6-10(16)5-4-9(11)2/h4-6,12-13H,3,7-8H2,1-2H3,(H,19,20). The molecular formula is C15H18BrNO4. The van der Waals surface area contributed by atoms with Gasteiger partial charge in [0.2, 0.25) is 0 Å². The Balaban J connectivity index is 2.30. The summed E-state index contributed by atoms with van der Waals surface area (Å²) in [5.41, 5.74) is 1.45. The van der Waals surface area contributed by atoms with E-state index in [1.165, 1.54) is 0 Å². The second-order valence-electron chi connectivity index (χ2n) is 5.10. The predicted molar refractivity (Wildman–Crippen MR) is 81.3 cm³/mol. The molecule has 2 atom stereocenters. The zero-order valence-electron chi connectivity index (χ0n) is 12.0. The molecule has 1 aromatic carbocycles. The van der Waals surface area contributed by atoms with E-state index < -0.39 is 17.9 Å². The predicted octanol–water partition coefficient (Wildman–Crippen LogP) is 2.32. The van der Waals surface area contributed by atoms with Crippen molar-refractivity contribution in [3.8, 4) is 0 Å². The van der Waals surface area contributed by atoms with Gasteiger partial charge in [-0.2, -0.15) is 0 Å². The molecule has 2 unspecified atom stereocenters. The summed E-state index contributed by atoms with van der Waals surface area (Å²) in [5.74, 6) is -1.74. The molecule has 6 heteroatoms. The smallest absolute Gasteiger partial charge is 0.311 e. The number of rotatable bonds is 4. The number of likely N-dealkylation sites (N-methyl/N-ethyl adjacent to an activating group) is 1. The largest absolute Gasteiger partial charge is 0.481 e. The van der Waals surface area contributed by atoms with Gasteiger partial charge in [-0.1, -0.05) is 22.0 Å². The minimum atomic E-state index is -0.922.